The Kier molecular flexibility index (Phi) is 3.14. The number of hydrogen-bond donors (Lipinski definition) is 0. The van der Waals surface area contributed by atoms with E-state index in [1.54, 1.807) is 0 Å². The Morgan fingerprint density at radius 1 is 1.50 bits per heavy atom. The molecule has 10 heavy (non-hydrogen) atoms. The first-order chi connectivity index (χ1) is 4.48. The molecule has 6 heteroatoms. The van der Waals surface area contributed by atoms with Crippen LogP contribution in [0.1, 0.15) is 0 Å². The molecule has 0 atom stereocenters. The second kappa shape index (κ2) is 3.40. The highest BCUT2D eigenvalue weighted by molar-refractivity contribution is 4.67. The molecule has 0 aromatic rings. The lowest BCUT2D eigenvalue weighted by atomic mass is 10.7. The molecule has 0 N–H and O–H groups in total. The van der Waals surface area contributed by atoms with Crippen LogP contribution in [0.4, 0.5) is 17.7 Å². The maximum atomic E-state index is 11.8. The molecule has 0 saturated carbocycles. The molecule has 0 saturated heterocycles. The minimum Gasteiger partial charge on any atom is -0.405 e. The molecule has 0 aliphatic heterocycles. The summed E-state index contributed by atoms with van der Waals surface area (Å²) in [5.74, 6) is 0. The summed E-state index contributed by atoms with van der Waals surface area (Å²) in [4.78, 5) is 2.52. The van der Waals surface area contributed by atoms with Gasteiger partial charge in [-0.3, -0.25) is 0 Å². The topological polar surface area (TPSA) is 18.5 Å². The van der Waals surface area contributed by atoms with E-state index in [0.717, 1.165) is 0 Å². The number of halogens is 4. The summed E-state index contributed by atoms with van der Waals surface area (Å²) in [6.45, 7) is 0.719. The maximum Gasteiger partial charge on any atom is 0.427 e. The van der Waals surface area contributed by atoms with E-state index in [-0.39, 0.29) is 0 Å². The average Bonchev–Trinajstić information content (AvgIpc) is 1.59. The van der Waals surface area contributed by atoms with E-state index in [0.29, 0.717) is 0 Å². The molecule has 0 unspecified atom stereocenters. The van der Waals surface area contributed by atoms with Gasteiger partial charge >= 0.3 is 6.11 Å². The Morgan fingerprint density at radius 3 is 2.30 bits per heavy atom. The molecule has 0 aliphatic carbocycles. The second-order valence-electron chi connectivity index (χ2n) is 1.35. The molecule has 0 heterocycles. The van der Waals surface area contributed by atoms with Gasteiger partial charge in [-0.2, -0.15) is 18.1 Å². The third-order valence-electron chi connectivity index (χ3n) is 0.483. The van der Waals surface area contributed by atoms with Crippen molar-refractivity contribution < 1.29 is 27.4 Å². The summed E-state index contributed by atoms with van der Waals surface area (Å²) < 4.78 is 48.9. The molecule has 60 valence electrons. The average molecular weight is 160 g/mol. The zero-order valence-electron chi connectivity index (χ0n) is 4.74. The van der Waals surface area contributed by atoms with Crippen LogP contribution in [0.5, 0.6) is 0 Å². The van der Waals surface area contributed by atoms with Gasteiger partial charge in [0.25, 0.3) is 6.01 Å². The van der Waals surface area contributed by atoms with Crippen molar-refractivity contribution in [1.82, 2.24) is 0 Å². The minimum atomic E-state index is -4.00. The predicted octanol–water partition coefficient (Wildman–Crippen LogP) is 1.94. The van der Waals surface area contributed by atoms with E-state index < -0.39 is 18.7 Å². The summed E-state index contributed by atoms with van der Waals surface area (Å²) in [7, 11) is 0. The summed E-state index contributed by atoms with van der Waals surface area (Å²) >= 11 is 0. The van der Waals surface area contributed by atoms with Gasteiger partial charge in [0.1, 0.15) is 0 Å². The zero-order chi connectivity index (χ0) is 8.20. The summed E-state index contributed by atoms with van der Waals surface area (Å²) in [5.41, 5.74) is 0. The van der Waals surface area contributed by atoms with E-state index in [1.807, 2.05) is 0 Å². The van der Waals surface area contributed by atoms with E-state index in [1.165, 1.54) is 0 Å². The standard InChI is InChI=1S/C4H4F4O2/c1-3(5)10-4(6,7)2-9-8/h1-2H2. The molecule has 0 aromatic carbocycles. The van der Waals surface area contributed by atoms with Gasteiger partial charge in [-0.05, 0) is 11.1 Å². The molecule has 0 spiro atoms. The quantitative estimate of drug-likeness (QED) is 0.462. The number of rotatable bonds is 4. The first-order valence-electron chi connectivity index (χ1n) is 2.13. The van der Waals surface area contributed by atoms with Gasteiger partial charge in [0.2, 0.25) is 0 Å². The lowest BCUT2D eigenvalue weighted by molar-refractivity contribution is -0.294. The Balaban J connectivity index is 3.74. The second-order valence-corrected chi connectivity index (χ2v) is 1.35. The number of alkyl halides is 2. The largest absolute Gasteiger partial charge is 0.427 e. The van der Waals surface area contributed by atoms with Crippen molar-refractivity contribution in [2.24, 2.45) is 0 Å². The third-order valence-corrected chi connectivity index (χ3v) is 0.483. The van der Waals surface area contributed by atoms with Crippen molar-refractivity contribution in [2.75, 3.05) is 6.61 Å². The molecule has 2 nitrogen and oxygen atoms in total. The molecule has 0 rings (SSSR count). The van der Waals surface area contributed by atoms with Crippen LogP contribution in [-0.4, -0.2) is 12.7 Å². The van der Waals surface area contributed by atoms with Crippen LogP contribution in [0.3, 0.4) is 0 Å². The van der Waals surface area contributed by atoms with Gasteiger partial charge < -0.3 is 4.74 Å². The fourth-order valence-electron chi connectivity index (χ4n) is 0.255. The Hall–Kier alpha value is -0.780. The van der Waals surface area contributed by atoms with Crippen LogP contribution in [0, 0.1) is 0 Å². The van der Waals surface area contributed by atoms with Gasteiger partial charge in [-0.15, -0.1) is 0 Å². The Morgan fingerprint density at radius 2 is 2.00 bits per heavy atom. The van der Waals surface area contributed by atoms with Crippen molar-refractivity contribution in [3.8, 4) is 0 Å². The lowest BCUT2D eigenvalue weighted by Crippen LogP contribution is -2.24. The molecular weight excluding hydrogens is 156 g/mol. The Labute approximate surface area is 53.9 Å². The molecule has 0 radical (unpaired) electrons. The number of hydrogen-bond acceptors (Lipinski definition) is 2. The van der Waals surface area contributed by atoms with Crippen LogP contribution in [0.25, 0.3) is 0 Å². The monoisotopic (exact) mass is 160 g/mol. The van der Waals surface area contributed by atoms with Crippen LogP contribution in [0.15, 0.2) is 12.6 Å². The van der Waals surface area contributed by atoms with Crippen molar-refractivity contribution in [2.45, 2.75) is 6.11 Å². The van der Waals surface area contributed by atoms with Crippen molar-refractivity contribution in [3.05, 3.63) is 12.6 Å². The highest BCUT2D eigenvalue weighted by atomic mass is 19.3. The maximum absolute atomic E-state index is 11.8. The van der Waals surface area contributed by atoms with Gasteiger partial charge in [-0.25, -0.2) is 0 Å². The first kappa shape index (κ1) is 9.22. The van der Waals surface area contributed by atoms with Crippen molar-refractivity contribution >= 4 is 0 Å². The van der Waals surface area contributed by atoms with Crippen LogP contribution in [-0.2, 0) is 9.68 Å². The van der Waals surface area contributed by atoms with Crippen LogP contribution < -0.4 is 0 Å². The van der Waals surface area contributed by atoms with Crippen molar-refractivity contribution in [1.29, 1.82) is 0 Å². The van der Waals surface area contributed by atoms with Gasteiger partial charge in [-0.1, -0.05) is 0 Å². The smallest absolute Gasteiger partial charge is 0.405 e. The van der Waals surface area contributed by atoms with Gasteiger partial charge in [0, 0.05) is 0 Å². The summed E-state index contributed by atoms with van der Waals surface area (Å²) in [5, 5.41) is 0. The highest BCUT2D eigenvalue weighted by Gasteiger charge is 2.33. The number of ether oxygens (including phenoxy) is 1. The highest BCUT2D eigenvalue weighted by Crippen LogP contribution is 2.19. The molecule has 0 aromatic heterocycles. The van der Waals surface area contributed by atoms with Gasteiger partial charge in [0.05, 0.1) is 0 Å². The van der Waals surface area contributed by atoms with Gasteiger partial charge in [0.15, 0.2) is 6.61 Å². The van der Waals surface area contributed by atoms with Crippen LogP contribution in [0.2, 0.25) is 0 Å². The fourth-order valence-corrected chi connectivity index (χ4v) is 0.255. The predicted molar refractivity (Wildman–Crippen MR) is 23.3 cm³/mol. The molecule has 0 amide bonds. The summed E-state index contributed by atoms with van der Waals surface area (Å²) in [6, 6.07) is -1.69. The minimum absolute atomic E-state index is 1.66. The first-order valence-corrected chi connectivity index (χ1v) is 2.13. The van der Waals surface area contributed by atoms with Crippen molar-refractivity contribution in [3.63, 3.8) is 0 Å². The summed E-state index contributed by atoms with van der Waals surface area (Å²) in [6.07, 6.45) is -4.00. The third kappa shape index (κ3) is 4.13. The van der Waals surface area contributed by atoms with Crippen LogP contribution >= 0.6 is 0 Å². The molecule has 0 fully saturated rings. The molecule has 0 aliphatic rings. The molecule has 0 bridgehead atoms. The Bertz CT molecular complexity index is 124. The van der Waals surface area contributed by atoms with E-state index in [4.69, 9.17) is 0 Å². The molecular formula is C4H4F4O2. The fraction of sp³-hybridized carbons (Fsp3) is 0.500. The zero-order valence-corrected chi connectivity index (χ0v) is 4.74. The lowest BCUT2D eigenvalue weighted by Gasteiger charge is -2.12. The SMILES string of the molecule is C=C(F)OC(F)(F)COF. The normalized spacial score (nSPS) is 11.2. The van der Waals surface area contributed by atoms with E-state index in [9.17, 15) is 17.7 Å². The van der Waals surface area contributed by atoms with E-state index in [2.05, 4.69) is 16.3 Å². The van der Waals surface area contributed by atoms with E-state index >= 15 is 0 Å².